The maximum absolute atomic E-state index is 12.5. The summed E-state index contributed by atoms with van der Waals surface area (Å²) in [7, 11) is 0. The number of nitrogens with zero attached hydrogens (tertiary/aromatic N) is 1. The van der Waals surface area contributed by atoms with E-state index >= 15 is 0 Å². The Morgan fingerprint density at radius 2 is 2.04 bits per heavy atom. The topological polar surface area (TPSA) is 81.4 Å². The Morgan fingerprint density at radius 3 is 2.77 bits per heavy atom. The largest absolute Gasteiger partial charge is 0.457 e. The second kappa shape index (κ2) is 7.58. The number of rotatable bonds is 6. The first kappa shape index (κ1) is 17.9. The molecule has 2 aromatic carbocycles. The van der Waals surface area contributed by atoms with Crippen LogP contribution in [0.15, 0.2) is 40.8 Å². The Hall–Kier alpha value is -2.86. The van der Waals surface area contributed by atoms with Crippen molar-refractivity contribution in [3.05, 3.63) is 52.5 Å². The molecule has 0 saturated carbocycles. The highest BCUT2D eigenvalue weighted by Gasteiger charge is 2.16. The number of fused-ring (bicyclic) bond motifs is 1. The number of hydrogen-bond donors (Lipinski definition) is 1. The molecule has 1 aromatic heterocycles. The van der Waals surface area contributed by atoms with Gasteiger partial charge >= 0.3 is 5.97 Å². The standard InChI is InChI=1S/C19H17ClN2O4/c1-3-12-4-6-15(14(8-12)17(24)10-25-11(2)23)21-19-22-16-9-13(20)5-7-18(16)26-19/h4-9H,3,10H2,1-2H3,(H,21,22). The van der Waals surface area contributed by atoms with E-state index in [4.69, 9.17) is 20.8 Å². The smallest absolute Gasteiger partial charge is 0.303 e. The number of aromatic nitrogens is 1. The number of Topliss-reactive ketones (excluding diaryl/α,β-unsaturated/α-hetero) is 1. The molecule has 0 spiro atoms. The van der Waals surface area contributed by atoms with Crippen molar-refractivity contribution in [2.45, 2.75) is 20.3 Å². The molecule has 3 rings (SSSR count). The number of nitrogens with one attached hydrogen (secondary N) is 1. The van der Waals surface area contributed by atoms with Crippen molar-refractivity contribution in [2.24, 2.45) is 0 Å². The molecule has 1 heterocycles. The third kappa shape index (κ3) is 4.03. The average Bonchev–Trinajstić information content (AvgIpc) is 3.01. The summed E-state index contributed by atoms with van der Waals surface area (Å²) in [5.74, 6) is -0.813. The van der Waals surface area contributed by atoms with Crippen molar-refractivity contribution in [1.29, 1.82) is 0 Å². The summed E-state index contributed by atoms with van der Waals surface area (Å²) in [6, 6.07) is 10.8. The van der Waals surface area contributed by atoms with Crippen molar-refractivity contribution < 1.29 is 18.7 Å². The lowest BCUT2D eigenvalue weighted by atomic mass is 10.0. The number of ketones is 1. The fraction of sp³-hybridized carbons (Fsp3) is 0.211. The quantitative estimate of drug-likeness (QED) is 0.505. The second-order valence-electron chi connectivity index (χ2n) is 5.69. The first-order chi connectivity index (χ1) is 12.5. The number of carbonyl (C=O) groups is 2. The van der Waals surface area contributed by atoms with Gasteiger partial charge in [-0.2, -0.15) is 4.98 Å². The molecule has 0 atom stereocenters. The van der Waals surface area contributed by atoms with E-state index in [-0.39, 0.29) is 18.4 Å². The zero-order valence-electron chi connectivity index (χ0n) is 14.3. The SMILES string of the molecule is CCc1ccc(Nc2nc3cc(Cl)ccc3o2)c(C(=O)COC(C)=O)c1. The van der Waals surface area contributed by atoms with Gasteiger partial charge < -0.3 is 14.5 Å². The van der Waals surface area contributed by atoms with Crippen molar-refractivity contribution >= 4 is 46.2 Å². The molecule has 3 aromatic rings. The van der Waals surface area contributed by atoms with Crippen molar-refractivity contribution in [3.63, 3.8) is 0 Å². The van der Waals surface area contributed by atoms with E-state index < -0.39 is 5.97 Å². The van der Waals surface area contributed by atoms with Crippen LogP contribution in [0.5, 0.6) is 0 Å². The minimum Gasteiger partial charge on any atom is -0.457 e. The van der Waals surface area contributed by atoms with Gasteiger partial charge in [0.2, 0.25) is 5.78 Å². The number of esters is 1. The Labute approximate surface area is 155 Å². The number of benzene rings is 2. The molecule has 7 heteroatoms. The van der Waals surface area contributed by atoms with Crippen molar-refractivity contribution in [2.75, 3.05) is 11.9 Å². The van der Waals surface area contributed by atoms with Crippen LogP contribution in [0.25, 0.3) is 11.1 Å². The molecule has 0 aliphatic rings. The summed E-state index contributed by atoms with van der Waals surface area (Å²) < 4.78 is 10.5. The average molecular weight is 373 g/mol. The molecule has 0 amide bonds. The van der Waals surface area contributed by atoms with E-state index in [9.17, 15) is 9.59 Å². The lowest BCUT2D eigenvalue weighted by molar-refractivity contribution is -0.139. The van der Waals surface area contributed by atoms with Gasteiger partial charge in [0, 0.05) is 17.5 Å². The molecule has 1 N–H and O–H groups in total. The lowest BCUT2D eigenvalue weighted by Gasteiger charge is -2.11. The van der Waals surface area contributed by atoms with Gasteiger partial charge in [0.1, 0.15) is 5.52 Å². The van der Waals surface area contributed by atoms with Crippen LogP contribution in [0, 0.1) is 0 Å². The molecular formula is C19H17ClN2O4. The molecule has 0 aliphatic heterocycles. The highest BCUT2D eigenvalue weighted by atomic mass is 35.5. The molecule has 0 aliphatic carbocycles. The fourth-order valence-corrected chi connectivity index (χ4v) is 2.63. The number of ether oxygens (including phenoxy) is 1. The van der Waals surface area contributed by atoms with Gasteiger partial charge in [0.15, 0.2) is 12.2 Å². The third-order valence-corrected chi connectivity index (χ3v) is 4.03. The summed E-state index contributed by atoms with van der Waals surface area (Å²) in [6.45, 7) is 2.94. The zero-order valence-corrected chi connectivity index (χ0v) is 15.1. The summed E-state index contributed by atoms with van der Waals surface area (Å²) >= 11 is 5.96. The van der Waals surface area contributed by atoms with E-state index in [1.807, 2.05) is 13.0 Å². The third-order valence-electron chi connectivity index (χ3n) is 3.79. The maximum Gasteiger partial charge on any atom is 0.303 e. The maximum atomic E-state index is 12.5. The molecular weight excluding hydrogens is 356 g/mol. The summed E-state index contributed by atoms with van der Waals surface area (Å²) in [5, 5.41) is 3.58. The number of aryl methyl sites for hydroxylation is 1. The Bertz CT molecular complexity index is 981. The molecule has 0 bridgehead atoms. The highest BCUT2D eigenvalue weighted by molar-refractivity contribution is 6.31. The van der Waals surface area contributed by atoms with Gasteiger partial charge in [-0.1, -0.05) is 24.6 Å². The van der Waals surface area contributed by atoms with Gasteiger partial charge in [-0.05, 0) is 42.3 Å². The molecule has 0 saturated heterocycles. The van der Waals surface area contributed by atoms with Crippen LogP contribution < -0.4 is 5.32 Å². The first-order valence-electron chi connectivity index (χ1n) is 8.09. The summed E-state index contributed by atoms with van der Waals surface area (Å²) in [5.41, 5.74) is 3.11. The number of carbonyl (C=O) groups excluding carboxylic acids is 2. The Morgan fingerprint density at radius 1 is 1.23 bits per heavy atom. The first-order valence-corrected chi connectivity index (χ1v) is 8.46. The molecule has 26 heavy (non-hydrogen) atoms. The van der Waals surface area contributed by atoms with Crippen LogP contribution in [0.2, 0.25) is 5.02 Å². The summed E-state index contributed by atoms with van der Waals surface area (Å²) in [4.78, 5) is 27.8. The van der Waals surface area contributed by atoms with Gasteiger partial charge in [-0.3, -0.25) is 9.59 Å². The van der Waals surface area contributed by atoms with E-state index in [2.05, 4.69) is 10.3 Å². The molecule has 0 unspecified atom stereocenters. The predicted molar refractivity (Wildman–Crippen MR) is 99.1 cm³/mol. The number of anilines is 2. The van der Waals surface area contributed by atoms with E-state index in [0.717, 1.165) is 12.0 Å². The fourth-order valence-electron chi connectivity index (χ4n) is 2.47. The second-order valence-corrected chi connectivity index (χ2v) is 6.13. The van der Waals surface area contributed by atoms with Gasteiger partial charge in [-0.15, -0.1) is 0 Å². The Balaban J connectivity index is 1.92. The van der Waals surface area contributed by atoms with Crippen LogP contribution in [0.1, 0.15) is 29.8 Å². The number of oxazole rings is 1. The van der Waals surface area contributed by atoms with Crippen LogP contribution in [-0.4, -0.2) is 23.3 Å². The highest BCUT2D eigenvalue weighted by Crippen LogP contribution is 2.27. The monoisotopic (exact) mass is 372 g/mol. The minimum atomic E-state index is -0.504. The Kier molecular flexibility index (Phi) is 5.23. The number of hydrogen-bond acceptors (Lipinski definition) is 6. The molecule has 6 nitrogen and oxygen atoms in total. The lowest BCUT2D eigenvalue weighted by Crippen LogP contribution is -2.14. The van der Waals surface area contributed by atoms with E-state index in [1.54, 1.807) is 30.3 Å². The van der Waals surface area contributed by atoms with Crippen LogP contribution >= 0.6 is 11.6 Å². The van der Waals surface area contributed by atoms with Gasteiger partial charge in [0.25, 0.3) is 6.01 Å². The van der Waals surface area contributed by atoms with Crippen molar-refractivity contribution in [1.82, 2.24) is 4.98 Å². The van der Waals surface area contributed by atoms with Gasteiger partial charge in [0.05, 0.1) is 5.69 Å². The predicted octanol–water partition coefficient (Wildman–Crippen LogP) is 4.53. The van der Waals surface area contributed by atoms with E-state index in [1.165, 1.54) is 6.92 Å². The summed E-state index contributed by atoms with van der Waals surface area (Å²) in [6.07, 6.45) is 0.773. The zero-order chi connectivity index (χ0) is 18.7. The number of halogens is 1. The molecule has 134 valence electrons. The van der Waals surface area contributed by atoms with Crippen LogP contribution in [0.4, 0.5) is 11.7 Å². The molecule has 0 radical (unpaired) electrons. The van der Waals surface area contributed by atoms with E-state index in [0.29, 0.717) is 27.4 Å². The normalized spacial score (nSPS) is 10.7. The minimum absolute atomic E-state index is 0.244. The van der Waals surface area contributed by atoms with Crippen LogP contribution in [0.3, 0.4) is 0 Å². The van der Waals surface area contributed by atoms with Crippen LogP contribution in [-0.2, 0) is 16.0 Å². The molecule has 0 fully saturated rings. The van der Waals surface area contributed by atoms with Crippen molar-refractivity contribution in [3.8, 4) is 0 Å². The van der Waals surface area contributed by atoms with Gasteiger partial charge in [-0.25, -0.2) is 0 Å².